The van der Waals surface area contributed by atoms with Gasteiger partial charge >= 0.3 is 0 Å². The molecule has 19 heavy (non-hydrogen) atoms. The van der Waals surface area contributed by atoms with Crippen molar-refractivity contribution in [1.82, 2.24) is 9.97 Å². The molecular weight excluding hydrogens is 278 g/mol. The number of aryl methyl sites for hydroxylation is 1. The van der Waals surface area contributed by atoms with Crippen LogP contribution < -0.4 is 4.90 Å². The van der Waals surface area contributed by atoms with E-state index < -0.39 is 0 Å². The lowest BCUT2D eigenvalue weighted by Gasteiger charge is -2.20. The minimum atomic E-state index is 0.561. The van der Waals surface area contributed by atoms with Gasteiger partial charge in [0.05, 0.1) is 0 Å². The molecule has 0 N–H and O–H groups in total. The second-order valence-electron chi connectivity index (χ2n) is 4.62. The first-order chi connectivity index (χ1) is 9.11. The fraction of sp³-hybridized carbons (Fsp3) is 0.429. The summed E-state index contributed by atoms with van der Waals surface area (Å²) in [6.07, 6.45) is 1.88. The molecule has 5 heteroatoms. The third kappa shape index (κ3) is 3.45. The van der Waals surface area contributed by atoms with E-state index in [1.165, 1.54) is 5.56 Å². The van der Waals surface area contributed by atoms with Crippen molar-refractivity contribution in [1.29, 1.82) is 0 Å². The van der Waals surface area contributed by atoms with E-state index in [0.29, 0.717) is 5.15 Å². The van der Waals surface area contributed by atoms with E-state index in [1.807, 2.05) is 14.0 Å². The molecule has 0 atom stereocenters. The summed E-state index contributed by atoms with van der Waals surface area (Å²) >= 11 is 7.91. The van der Waals surface area contributed by atoms with Gasteiger partial charge in [-0.1, -0.05) is 18.5 Å². The first-order valence-corrected chi connectivity index (χ1v) is 7.69. The summed E-state index contributed by atoms with van der Waals surface area (Å²) < 4.78 is 0. The van der Waals surface area contributed by atoms with Crippen molar-refractivity contribution in [3.63, 3.8) is 0 Å². The molecule has 2 rings (SSSR count). The lowest BCUT2D eigenvalue weighted by atomic mass is 10.2. The average molecular weight is 296 g/mol. The van der Waals surface area contributed by atoms with Crippen molar-refractivity contribution in [3.05, 3.63) is 38.9 Å². The second-order valence-corrected chi connectivity index (χ2v) is 5.75. The Kier molecular flexibility index (Phi) is 4.77. The quantitative estimate of drug-likeness (QED) is 0.778. The van der Waals surface area contributed by atoms with Gasteiger partial charge in [-0.25, -0.2) is 9.97 Å². The van der Waals surface area contributed by atoms with Gasteiger partial charge in [0.2, 0.25) is 0 Å². The topological polar surface area (TPSA) is 29.0 Å². The van der Waals surface area contributed by atoms with Crippen LogP contribution in [0.2, 0.25) is 5.15 Å². The predicted octanol–water partition coefficient (Wildman–Crippen LogP) is 4.09. The minimum Gasteiger partial charge on any atom is -0.355 e. The standard InChI is InChI=1S/C14H18ClN3S/c1-4-5-12-16-13(15)10(2)14(17-12)18(3)8-11-6-7-19-9-11/h6-7,9H,4-5,8H2,1-3H3. The van der Waals surface area contributed by atoms with Crippen LogP contribution in [0.1, 0.15) is 30.3 Å². The van der Waals surface area contributed by atoms with Gasteiger partial charge in [-0.3, -0.25) is 0 Å². The summed E-state index contributed by atoms with van der Waals surface area (Å²) in [6, 6.07) is 2.13. The number of nitrogens with zero attached hydrogens (tertiary/aromatic N) is 3. The molecule has 2 aromatic rings. The molecule has 0 bridgehead atoms. The van der Waals surface area contributed by atoms with Gasteiger partial charge < -0.3 is 4.90 Å². The minimum absolute atomic E-state index is 0.561. The van der Waals surface area contributed by atoms with E-state index in [9.17, 15) is 0 Å². The Morgan fingerprint density at radius 3 is 2.79 bits per heavy atom. The van der Waals surface area contributed by atoms with Crippen LogP contribution >= 0.6 is 22.9 Å². The number of hydrogen-bond acceptors (Lipinski definition) is 4. The molecule has 0 unspecified atom stereocenters. The molecule has 0 aliphatic rings. The van der Waals surface area contributed by atoms with E-state index in [1.54, 1.807) is 11.3 Å². The normalized spacial score (nSPS) is 10.7. The highest BCUT2D eigenvalue weighted by Crippen LogP contribution is 2.24. The number of rotatable bonds is 5. The van der Waals surface area contributed by atoms with Crippen LogP contribution in [0.25, 0.3) is 0 Å². The van der Waals surface area contributed by atoms with E-state index in [2.05, 4.69) is 38.6 Å². The zero-order valence-electron chi connectivity index (χ0n) is 11.5. The molecular formula is C14H18ClN3S. The third-order valence-corrected chi connectivity index (χ3v) is 4.04. The van der Waals surface area contributed by atoms with Crippen LogP contribution in [0.5, 0.6) is 0 Å². The molecule has 3 nitrogen and oxygen atoms in total. The molecule has 0 fully saturated rings. The Hall–Kier alpha value is -1.13. The summed E-state index contributed by atoms with van der Waals surface area (Å²) in [4.78, 5) is 11.1. The van der Waals surface area contributed by atoms with Crippen molar-refractivity contribution in [2.24, 2.45) is 0 Å². The molecule has 0 aromatic carbocycles. The van der Waals surface area contributed by atoms with Crippen molar-refractivity contribution in [3.8, 4) is 0 Å². The SMILES string of the molecule is CCCc1nc(Cl)c(C)c(N(C)Cc2ccsc2)n1. The monoisotopic (exact) mass is 295 g/mol. The van der Waals surface area contributed by atoms with Crippen LogP contribution in [-0.4, -0.2) is 17.0 Å². The van der Waals surface area contributed by atoms with Gasteiger partial charge in [0.15, 0.2) is 0 Å². The predicted molar refractivity (Wildman–Crippen MR) is 82.2 cm³/mol. The molecule has 0 radical (unpaired) electrons. The number of thiophene rings is 1. The summed E-state index contributed by atoms with van der Waals surface area (Å²) in [5.74, 6) is 1.75. The Balaban J connectivity index is 2.26. The lowest BCUT2D eigenvalue weighted by Crippen LogP contribution is -2.20. The maximum Gasteiger partial charge on any atom is 0.137 e. The highest BCUT2D eigenvalue weighted by molar-refractivity contribution is 7.07. The molecule has 2 heterocycles. The van der Waals surface area contributed by atoms with Crippen molar-refractivity contribution in [2.45, 2.75) is 33.2 Å². The number of anilines is 1. The summed E-state index contributed by atoms with van der Waals surface area (Å²) in [6.45, 7) is 4.92. The van der Waals surface area contributed by atoms with Crippen molar-refractivity contribution < 1.29 is 0 Å². The highest BCUT2D eigenvalue weighted by atomic mass is 35.5. The Labute approximate surface area is 123 Å². The van der Waals surface area contributed by atoms with Gasteiger partial charge in [0.25, 0.3) is 0 Å². The van der Waals surface area contributed by atoms with Crippen LogP contribution in [0, 0.1) is 6.92 Å². The van der Waals surface area contributed by atoms with E-state index in [4.69, 9.17) is 11.6 Å². The zero-order valence-corrected chi connectivity index (χ0v) is 13.1. The van der Waals surface area contributed by atoms with Gasteiger partial charge in [0.1, 0.15) is 16.8 Å². The number of halogens is 1. The van der Waals surface area contributed by atoms with Gasteiger partial charge in [-0.15, -0.1) is 0 Å². The average Bonchev–Trinajstić information content (AvgIpc) is 2.86. The molecule has 0 saturated carbocycles. The highest BCUT2D eigenvalue weighted by Gasteiger charge is 2.13. The molecule has 0 aliphatic heterocycles. The molecule has 102 valence electrons. The fourth-order valence-corrected chi connectivity index (χ4v) is 2.80. The van der Waals surface area contributed by atoms with Gasteiger partial charge in [0, 0.05) is 25.6 Å². The first kappa shape index (κ1) is 14.3. The van der Waals surface area contributed by atoms with Crippen LogP contribution in [0.4, 0.5) is 5.82 Å². The van der Waals surface area contributed by atoms with E-state index in [0.717, 1.165) is 36.6 Å². The van der Waals surface area contributed by atoms with Crippen LogP contribution in [0.3, 0.4) is 0 Å². The number of aromatic nitrogens is 2. The summed E-state index contributed by atoms with van der Waals surface area (Å²) in [5, 5.41) is 4.80. The summed E-state index contributed by atoms with van der Waals surface area (Å²) in [7, 11) is 2.04. The molecule has 0 aliphatic carbocycles. The van der Waals surface area contributed by atoms with Crippen molar-refractivity contribution in [2.75, 3.05) is 11.9 Å². The molecule has 2 aromatic heterocycles. The van der Waals surface area contributed by atoms with Crippen LogP contribution in [0.15, 0.2) is 16.8 Å². The zero-order chi connectivity index (χ0) is 13.8. The second kappa shape index (κ2) is 6.35. The molecule has 0 amide bonds. The number of hydrogen-bond donors (Lipinski definition) is 0. The maximum atomic E-state index is 6.20. The first-order valence-electron chi connectivity index (χ1n) is 6.37. The lowest BCUT2D eigenvalue weighted by molar-refractivity contribution is 0.806. The van der Waals surface area contributed by atoms with Gasteiger partial charge in [-0.05, 0) is 35.7 Å². The molecule has 0 saturated heterocycles. The van der Waals surface area contributed by atoms with Gasteiger partial charge in [-0.2, -0.15) is 11.3 Å². The maximum absolute atomic E-state index is 6.20. The van der Waals surface area contributed by atoms with Crippen LogP contribution in [-0.2, 0) is 13.0 Å². The molecule has 0 spiro atoms. The third-order valence-electron chi connectivity index (χ3n) is 2.94. The Bertz CT molecular complexity index is 540. The largest absolute Gasteiger partial charge is 0.355 e. The van der Waals surface area contributed by atoms with E-state index >= 15 is 0 Å². The Morgan fingerprint density at radius 2 is 2.16 bits per heavy atom. The smallest absolute Gasteiger partial charge is 0.137 e. The van der Waals surface area contributed by atoms with Crippen molar-refractivity contribution >= 4 is 28.8 Å². The Morgan fingerprint density at radius 1 is 1.37 bits per heavy atom. The summed E-state index contributed by atoms with van der Waals surface area (Å²) in [5.41, 5.74) is 2.23. The fourth-order valence-electron chi connectivity index (χ4n) is 1.96. The van der Waals surface area contributed by atoms with E-state index in [-0.39, 0.29) is 0 Å².